The van der Waals surface area contributed by atoms with Crippen molar-refractivity contribution in [2.24, 2.45) is 0 Å². The molecular weight excluding hydrogens is 342 g/mol. The Morgan fingerprint density at radius 3 is 2.96 bits per heavy atom. The number of nitrogens with zero attached hydrogens (tertiary/aromatic N) is 6. The Morgan fingerprint density at radius 1 is 1.36 bits per heavy atom. The van der Waals surface area contributed by atoms with Gasteiger partial charge in [0.2, 0.25) is 0 Å². The van der Waals surface area contributed by atoms with E-state index >= 15 is 0 Å². The molecule has 3 aromatic rings. The topological polar surface area (TPSA) is 95.8 Å². The van der Waals surface area contributed by atoms with E-state index in [1.165, 1.54) is 6.33 Å². The molecule has 8 nitrogen and oxygen atoms in total. The van der Waals surface area contributed by atoms with Crippen LogP contribution in [0, 0.1) is 0 Å². The van der Waals surface area contributed by atoms with Crippen LogP contribution in [-0.4, -0.2) is 48.1 Å². The molecule has 25 heavy (non-hydrogen) atoms. The van der Waals surface area contributed by atoms with Gasteiger partial charge in [-0.15, -0.1) is 5.10 Å². The lowest BCUT2D eigenvalue weighted by atomic mass is 9.90. The number of fused-ring (bicyclic) bond motifs is 1. The predicted molar refractivity (Wildman–Crippen MR) is 94.6 cm³/mol. The number of aliphatic hydroxyl groups is 1. The lowest BCUT2D eigenvalue weighted by molar-refractivity contribution is 0.0175. The van der Waals surface area contributed by atoms with E-state index in [9.17, 15) is 5.11 Å². The highest BCUT2D eigenvalue weighted by atomic mass is 35.5. The molecule has 1 fully saturated rings. The van der Waals surface area contributed by atoms with Crippen LogP contribution in [0.25, 0.3) is 11.0 Å². The monoisotopic (exact) mass is 361 g/mol. The van der Waals surface area contributed by atoms with Crippen LogP contribution in [0.3, 0.4) is 0 Å². The zero-order valence-electron chi connectivity index (χ0n) is 14.1. The van der Waals surface area contributed by atoms with Crippen LogP contribution in [0.4, 0.5) is 5.82 Å². The fourth-order valence-corrected chi connectivity index (χ4v) is 3.51. The van der Waals surface area contributed by atoms with E-state index in [0.717, 1.165) is 24.2 Å². The number of halogens is 1. The Balaban J connectivity index is 1.67. The smallest absolute Gasteiger partial charge is 0.144 e. The van der Waals surface area contributed by atoms with Gasteiger partial charge in [0.25, 0.3) is 0 Å². The van der Waals surface area contributed by atoms with Crippen molar-refractivity contribution in [1.29, 1.82) is 0 Å². The molecule has 132 valence electrons. The van der Waals surface area contributed by atoms with E-state index in [1.807, 2.05) is 26.1 Å². The Bertz CT molecular complexity index is 905. The number of piperidine rings is 1. The van der Waals surface area contributed by atoms with Gasteiger partial charge < -0.3 is 15.0 Å². The van der Waals surface area contributed by atoms with Crippen molar-refractivity contribution in [2.75, 3.05) is 18.0 Å². The fraction of sp³-hybridized carbons (Fsp3) is 0.500. The van der Waals surface area contributed by atoms with E-state index in [-0.39, 0.29) is 6.04 Å². The summed E-state index contributed by atoms with van der Waals surface area (Å²) in [6.45, 7) is 5.26. The molecule has 1 unspecified atom stereocenters. The first kappa shape index (κ1) is 16.3. The van der Waals surface area contributed by atoms with Gasteiger partial charge in [0.1, 0.15) is 34.2 Å². The number of rotatable bonds is 3. The average Bonchev–Trinajstić information content (AvgIpc) is 3.20. The molecule has 3 aromatic heterocycles. The van der Waals surface area contributed by atoms with Crippen LogP contribution in [0.15, 0.2) is 18.6 Å². The molecule has 1 aliphatic heterocycles. The van der Waals surface area contributed by atoms with Gasteiger partial charge in [-0.3, -0.25) is 0 Å². The molecule has 0 radical (unpaired) electrons. The van der Waals surface area contributed by atoms with Crippen molar-refractivity contribution >= 4 is 28.5 Å². The molecular formula is C16H20ClN7O. The summed E-state index contributed by atoms with van der Waals surface area (Å²) in [4.78, 5) is 13.7. The highest BCUT2D eigenvalue weighted by molar-refractivity contribution is 6.30. The molecule has 4 rings (SSSR count). The number of aromatic amines is 1. The quantitative estimate of drug-likeness (QED) is 0.743. The zero-order chi connectivity index (χ0) is 17.6. The van der Waals surface area contributed by atoms with Crippen LogP contribution < -0.4 is 4.90 Å². The van der Waals surface area contributed by atoms with Crippen LogP contribution in [0.1, 0.15) is 38.4 Å². The third kappa shape index (κ3) is 2.85. The number of hydrogen-bond donors (Lipinski definition) is 2. The third-order valence-corrected chi connectivity index (χ3v) is 4.86. The largest absolute Gasteiger partial charge is 0.382 e. The second-order valence-electron chi connectivity index (χ2n) is 6.81. The summed E-state index contributed by atoms with van der Waals surface area (Å²) >= 11 is 6.07. The number of aromatic nitrogens is 6. The van der Waals surface area contributed by atoms with Gasteiger partial charge >= 0.3 is 0 Å². The lowest BCUT2D eigenvalue weighted by Gasteiger charge is -2.38. The SMILES string of the molecule is CC(C)n1cc(C2(O)CCCN(c3ncnc4[nH]c(Cl)cc34)C2)nn1. The minimum atomic E-state index is -1.05. The van der Waals surface area contributed by atoms with Crippen molar-refractivity contribution in [3.63, 3.8) is 0 Å². The molecule has 0 aliphatic carbocycles. The molecule has 0 bridgehead atoms. The van der Waals surface area contributed by atoms with Gasteiger partial charge in [0.15, 0.2) is 0 Å². The van der Waals surface area contributed by atoms with Crippen LogP contribution in [0.5, 0.6) is 0 Å². The van der Waals surface area contributed by atoms with Crippen molar-refractivity contribution in [2.45, 2.75) is 38.3 Å². The Kier molecular flexibility index (Phi) is 3.88. The molecule has 0 aromatic carbocycles. The van der Waals surface area contributed by atoms with E-state index in [1.54, 1.807) is 4.68 Å². The molecule has 1 saturated heterocycles. The van der Waals surface area contributed by atoms with Crippen LogP contribution >= 0.6 is 11.6 Å². The summed E-state index contributed by atoms with van der Waals surface area (Å²) in [5, 5.41) is 20.9. The maximum atomic E-state index is 11.2. The van der Waals surface area contributed by atoms with Crippen molar-refractivity contribution in [3.05, 3.63) is 29.4 Å². The molecule has 1 atom stereocenters. The third-order valence-electron chi connectivity index (χ3n) is 4.66. The number of H-pyrrole nitrogens is 1. The predicted octanol–water partition coefficient (Wildman–Crippen LogP) is 2.27. The number of anilines is 1. The molecule has 9 heteroatoms. The van der Waals surface area contributed by atoms with Gasteiger partial charge in [0, 0.05) is 12.6 Å². The Labute approximate surface area is 149 Å². The zero-order valence-corrected chi connectivity index (χ0v) is 14.9. The fourth-order valence-electron chi connectivity index (χ4n) is 3.32. The minimum Gasteiger partial charge on any atom is -0.382 e. The molecule has 2 N–H and O–H groups in total. The molecule has 0 amide bonds. The van der Waals surface area contributed by atoms with Crippen LogP contribution in [-0.2, 0) is 5.60 Å². The van der Waals surface area contributed by atoms with Crippen molar-refractivity contribution < 1.29 is 5.11 Å². The van der Waals surface area contributed by atoms with Gasteiger partial charge in [-0.25, -0.2) is 14.6 Å². The maximum absolute atomic E-state index is 11.2. The molecule has 1 aliphatic rings. The lowest BCUT2D eigenvalue weighted by Crippen LogP contribution is -2.46. The summed E-state index contributed by atoms with van der Waals surface area (Å²) in [5.74, 6) is 0.766. The van der Waals surface area contributed by atoms with Gasteiger partial charge in [0.05, 0.1) is 18.1 Å². The molecule has 4 heterocycles. The highest BCUT2D eigenvalue weighted by Crippen LogP contribution is 2.34. The standard InChI is InChI=1S/C16H20ClN7O/c1-10(2)24-7-12(21-22-24)16(25)4-3-5-23(8-16)15-11-6-13(17)20-14(11)18-9-19-15/h6-7,9-10,25H,3-5,8H2,1-2H3,(H,18,19,20). The Morgan fingerprint density at radius 2 is 2.20 bits per heavy atom. The first-order valence-corrected chi connectivity index (χ1v) is 8.73. The second kappa shape index (κ2) is 5.96. The van der Waals surface area contributed by atoms with Gasteiger partial charge in [-0.05, 0) is 32.8 Å². The van der Waals surface area contributed by atoms with E-state index in [0.29, 0.717) is 29.5 Å². The Hall–Kier alpha value is -2.19. The van der Waals surface area contributed by atoms with E-state index < -0.39 is 5.60 Å². The summed E-state index contributed by atoms with van der Waals surface area (Å²) in [6, 6.07) is 2.02. The van der Waals surface area contributed by atoms with Crippen molar-refractivity contribution in [3.8, 4) is 0 Å². The van der Waals surface area contributed by atoms with E-state index in [2.05, 4.69) is 30.2 Å². The maximum Gasteiger partial charge on any atom is 0.144 e. The number of nitrogens with one attached hydrogen (secondary N) is 1. The normalized spacial score (nSPS) is 21.4. The molecule has 0 saturated carbocycles. The van der Waals surface area contributed by atoms with E-state index in [4.69, 9.17) is 11.6 Å². The summed E-state index contributed by atoms with van der Waals surface area (Å²) in [5.41, 5.74) is 0.237. The van der Waals surface area contributed by atoms with Gasteiger partial charge in [-0.1, -0.05) is 16.8 Å². The second-order valence-corrected chi connectivity index (χ2v) is 7.22. The first-order chi connectivity index (χ1) is 12.0. The minimum absolute atomic E-state index is 0.202. The number of hydrogen-bond acceptors (Lipinski definition) is 6. The first-order valence-electron chi connectivity index (χ1n) is 8.35. The van der Waals surface area contributed by atoms with Crippen LogP contribution in [0.2, 0.25) is 5.15 Å². The average molecular weight is 362 g/mol. The summed E-state index contributed by atoms with van der Waals surface area (Å²) in [7, 11) is 0. The summed E-state index contributed by atoms with van der Waals surface area (Å²) in [6.07, 6.45) is 4.81. The van der Waals surface area contributed by atoms with Crippen molar-refractivity contribution in [1.82, 2.24) is 29.9 Å². The highest BCUT2D eigenvalue weighted by Gasteiger charge is 2.38. The van der Waals surface area contributed by atoms with Gasteiger partial charge in [-0.2, -0.15) is 0 Å². The molecule has 0 spiro atoms. The summed E-state index contributed by atoms with van der Waals surface area (Å²) < 4.78 is 1.76. The number of β-amino-alcohol motifs (C(OH)–C–C–N with tert-alkyl or cyclic N) is 1.